The van der Waals surface area contributed by atoms with E-state index in [0.29, 0.717) is 0 Å². The summed E-state index contributed by atoms with van der Waals surface area (Å²) in [5, 5.41) is 2.82. The molecule has 2 heterocycles. The molecule has 17 heavy (non-hydrogen) atoms. The summed E-state index contributed by atoms with van der Waals surface area (Å²) >= 11 is 1.56. The van der Waals surface area contributed by atoms with E-state index in [-0.39, 0.29) is 0 Å². The van der Waals surface area contributed by atoms with Crippen LogP contribution in [0.25, 0.3) is 10.8 Å². The lowest BCUT2D eigenvalue weighted by molar-refractivity contribution is 0.570. The van der Waals surface area contributed by atoms with Crippen molar-refractivity contribution in [3.8, 4) is 10.8 Å². The summed E-state index contributed by atoms with van der Waals surface area (Å²) in [5.74, 6) is 0.781. The highest BCUT2D eigenvalue weighted by Gasteiger charge is 2.13. The molecule has 0 radical (unpaired) electrons. The van der Waals surface area contributed by atoms with Crippen LogP contribution < -0.4 is 0 Å². The molecule has 0 atom stereocenters. The van der Waals surface area contributed by atoms with E-state index in [1.807, 2.05) is 23.6 Å². The number of aromatic nitrogens is 2. The minimum absolute atomic E-state index is 0.770. The number of thiazole rings is 1. The average molecular weight is 242 g/mol. The van der Waals surface area contributed by atoms with Gasteiger partial charge in [-0.3, -0.25) is 0 Å². The molecule has 4 heteroatoms. The first-order chi connectivity index (χ1) is 8.43. The summed E-state index contributed by atoms with van der Waals surface area (Å²) in [5.41, 5.74) is 2.16. The normalized spacial score (nSPS) is 10.6. The van der Waals surface area contributed by atoms with Gasteiger partial charge in [-0.25, -0.2) is 9.97 Å². The predicted molar refractivity (Wildman–Crippen MR) is 66.9 cm³/mol. The van der Waals surface area contributed by atoms with Crippen LogP contribution in [0.3, 0.4) is 0 Å². The van der Waals surface area contributed by atoms with Gasteiger partial charge in [0.25, 0.3) is 0 Å². The van der Waals surface area contributed by atoms with Crippen molar-refractivity contribution in [2.75, 3.05) is 0 Å². The van der Waals surface area contributed by atoms with Crippen molar-refractivity contribution in [3.05, 3.63) is 59.6 Å². The molecule has 2 aromatic heterocycles. The van der Waals surface area contributed by atoms with E-state index in [0.717, 1.165) is 22.9 Å². The van der Waals surface area contributed by atoms with Crippen LogP contribution in [0, 0.1) is 0 Å². The van der Waals surface area contributed by atoms with Gasteiger partial charge in [0.1, 0.15) is 0 Å². The van der Waals surface area contributed by atoms with Crippen molar-refractivity contribution in [2.24, 2.45) is 0 Å². The zero-order chi connectivity index (χ0) is 11.5. The third-order valence-corrected chi connectivity index (χ3v) is 3.25. The van der Waals surface area contributed by atoms with E-state index < -0.39 is 0 Å². The van der Waals surface area contributed by atoms with Crippen molar-refractivity contribution in [2.45, 2.75) is 6.42 Å². The van der Waals surface area contributed by atoms with Crippen molar-refractivity contribution in [3.63, 3.8) is 0 Å². The largest absolute Gasteiger partial charge is 0.441 e. The number of nitrogens with zero attached hydrogens (tertiary/aromatic N) is 2. The topological polar surface area (TPSA) is 38.9 Å². The van der Waals surface area contributed by atoms with E-state index in [9.17, 15) is 0 Å². The minimum Gasteiger partial charge on any atom is -0.441 e. The van der Waals surface area contributed by atoms with Crippen LogP contribution in [0.15, 0.2) is 52.7 Å². The highest BCUT2D eigenvalue weighted by atomic mass is 32.1. The lowest BCUT2D eigenvalue weighted by Crippen LogP contribution is -1.90. The minimum atomic E-state index is 0.770. The van der Waals surface area contributed by atoms with E-state index in [4.69, 9.17) is 4.42 Å². The number of benzene rings is 1. The Balaban J connectivity index is 1.92. The summed E-state index contributed by atoms with van der Waals surface area (Å²) in [6.07, 6.45) is 4.02. The monoisotopic (exact) mass is 242 g/mol. The van der Waals surface area contributed by atoms with E-state index in [2.05, 4.69) is 22.1 Å². The van der Waals surface area contributed by atoms with Gasteiger partial charge < -0.3 is 4.42 Å². The molecule has 3 aromatic rings. The lowest BCUT2D eigenvalue weighted by Gasteiger charge is -1.98. The molecule has 0 fully saturated rings. The molecule has 84 valence electrons. The van der Waals surface area contributed by atoms with Crippen LogP contribution in [0.1, 0.15) is 11.3 Å². The van der Waals surface area contributed by atoms with Gasteiger partial charge in [-0.15, -0.1) is 11.3 Å². The van der Waals surface area contributed by atoms with Gasteiger partial charge >= 0.3 is 0 Å². The first-order valence-corrected chi connectivity index (χ1v) is 6.17. The van der Waals surface area contributed by atoms with Crippen LogP contribution in [0.5, 0.6) is 0 Å². The quantitative estimate of drug-likeness (QED) is 0.706. The number of rotatable bonds is 3. The SMILES string of the molecule is c1ccc(Cc2ncoc2-c2nccs2)cc1. The zero-order valence-corrected chi connectivity index (χ0v) is 9.85. The van der Waals surface area contributed by atoms with Crippen LogP contribution >= 0.6 is 11.3 Å². The molecular weight excluding hydrogens is 232 g/mol. The van der Waals surface area contributed by atoms with Crippen LogP contribution in [-0.4, -0.2) is 9.97 Å². The van der Waals surface area contributed by atoms with E-state index in [1.165, 1.54) is 12.0 Å². The molecule has 0 spiro atoms. The molecule has 0 aliphatic carbocycles. The van der Waals surface area contributed by atoms with Crippen molar-refractivity contribution in [1.82, 2.24) is 9.97 Å². The van der Waals surface area contributed by atoms with Gasteiger partial charge in [0.15, 0.2) is 17.2 Å². The highest BCUT2D eigenvalue weighted by molar-refractivity contribution is 7.13. The third kappa shape index (κ3) is 2.12. The fraction of sp³-hybridized carbons (Fsp3) is 0.0769. The van der Waals surface area contributed by atoms with Crippen molar-refractivity contribution < 1.29 is 4.42 Å². The Labute approximate surface area is 103 Å². The zero-order valence-electron chi connectivity index (χ0n) is 9.04. The lowest BCUT2D eigenvalue weighted by atomic mass is 10.1. The van der Waals surface area contributed by atoms with Gasteiger partial charge in [0.2, 0.25) is 0 Å². The number of oxazole rings is 1. The highest BCUT2D eigenvalue weighted by Crippen LogP contribution is 2.26. The standard InChI is InChI=1S/C13H10N2OS/c1-2-4-10(5-3-1)8-11-12(16-9-15-11)13-14-6-7-17-13/h1-7,9H,8H2. The second-order valence-electron chi connectivity index (χ2n) is 3.63. The molecule has 0 aliphatic heterocycles. The van der Waals surface area contributed by atoms with Crippen LogP contribution in [0.4, 0.5) is 0 Å². The summed E-state index contributed by atoms with van der Waals surface area (Å²) in [4.78, 5) is 8.51. The van der Waals surface area contributed by atoms with Gasteiger partial charge in [0.05, 0.1) is 5.69 Å². The van der Waals surface area contributed by atoms with Gasteiger partial charge in [0, 0.05) is 18.0 Å². The maximum Gasteiger partial charge on any atom is 0.186 e. The first kappa shape index (κ1) is 10.2. The summed E-state index contributed by atoms with van der Waals surface area (Å²) < 4.78 is 5.42. The fourth-order valence-corrected chi connectivity index (χ4v) is 2.34. The molecule has 0 unspecified atom stereocenters. The molecule has 0 saturated carbocycles. The molecule has 3 nitrogen and oxygen atoms in total. The molecule has 0 amide bonds. The third-order valence-electron chi connectivity index (χ3n) is 2.48. The Kier molecular flexibility index (Phi) is 2.71. The number of hydrogen-bond acceptors (Lipinski definition) is 4. The molecule has 1 aromatic carbocycles. The maximum absolute atomic E-state index is 5.42. The molecule has 0 bridgehead atoms. The summed E-state index contributed by atoms with van der Waals surface area (Å²) in [6, 6.07) is 10.2. The average Bonchev–Trinajstić information content (AvgIpc) is 3.00. The fourth-order valence-electron chi connectivity index (χ4n) is 1.69. The maximum atomic E-state index is 5.42. The van der Waals surface area contributed by atoms with Gasteiger partial charge in [-0.1, -0.05) is 30.3 Å². The van der Waals surface area contributed by atoms with Gasteiger partial charge in [-0.05, 0) is 5.56 Å². The van der Waals surface area contributed by atoms with Gasteiger partial charge in [-0.2, -0.15) is 0 Å². The Hall–Kier alpha value is -1.94. The first-order valence-electron chi connectivity index (χ1n) is 5.29. The smallest absolute Gasteiger partial charge is 0.186 e. The number of hydrogen-bond donors (Lipinski definition) is 0. The van der Waals surface area contributed by atoms with E-state index in [1.54, 1.807) is 17.5 Å². The van der Waals surface area contributed by atoms with E-state index >= 15 is 0 Å². The van der Waals surface area contributed by atoms with Crippen molar-refractivity contribution in [1.29, 1.82) is 0 Å². The molecule has 0 N–H and O–H groups in total. The second kappa shape index (κ2) is 4.51. The Morgan fingerprint density at radius 1 is 1.12 bits per heavy atom. The molecule has 3 rings (SSSR count). The summed E-state index contributed by atoms with van der Waals surface area (Å²) in [7, 11) is 0. The van der Waals surface area contributed by atoms with Crippen molar-refractivity contribution >= 4 is 11.3 Å². The molecular formula is C13H10N2OS. The Morgan fingerprint density at radius 2 is 2.00 bits per heavy atom. The predicted octanol–water partition coefficient (Wildman–Crippen LogP) is 3.39. The Bertz CT molecular complexity index is 587. The van der Waals surface area contributed by atoms with Crippen LogP contribution in [-0.2, 0) is 6.42 Å². The molecule has 0 aliphatic rings. The molecule has 0 saturated heterocycles. The summed E-state index contributed by atoms with van der Waals surface area (Å²) in [6.45, 7) is 0. The van der Waals surface area contributed by atoms with Crippen LogP contribution in [0.2, 0.25) is 0 Å². The Morgan fingerprint density at radius 3 is 2.76 bits per heavy atom. The second-order valence-corrected chi connectivity index (χ2v) is 4.52.